The molecule has 0 spiro atoms. The van der Waals surface area contributed by atoms with Gasteiger partial charge >= 0.3 is 0 Å². The molecule has 2 heterocycles. The van der Waals surface area contributed by atoms with Crippen molar-refractivity contribution in [1.82, 2.24) is 20.4 Å². The summed E-state index contributed by atoms with van der Waals surface area (Å²) in [6, 6.07) is 2.33. The van der Waals surface area contributed by atoms with Crippen LogP contribution in [0, 0.1) is 0 Å². The summed E-state index contributed by atoms with van der Waals surface area (Å²) in [6.45, 7) is 2.12. The molecule has 2 rings (SSSR count). The minimum atomic E-state index is 0.424. The maximum absolute atomic E-state index is 5.24. The molecule has 2 aromatic rings. The molecule has 7 heteroatoms. The Bertz CT molecular complexity index is 558. The van der Waals surface area contributed by atoms with Gasteiger partial charge in [-0.15, -0.1) is 0 Å². The molecule has 1 unspecified atom stereocenters. The number of nitrogens with one attached hydrogen (secondary N) is 1. The number of aryl methyl sites for hydroxylation is 1. The van der Waals surface area contributed by atoms with Crippen LogP contribution in [0.25, 0.3) is 11.5 Å². The predicted molar refractivity (Wildman–Crippen MR) is 79.8 cm³/mol. The molecule has 0 bridgehead atoms. The second-order valence-electron chi connectivity index (χ2n) is 4.22. The van der Waals surface area contributed by atoms with E-state index in [2.05, 4.69) is 59.2 Å². The molecule has 0 aromatic carbocycles. The van der Waals surface area contributed by atoms with Gasteiger partial charge < -0.3 is 9.84 Å². The molecule has 1 atom stereocenters. The molecule has 0 fully saturated rings. The summed E-state index contributed by atoms with van der Waals surface area (Å²) >= 11 is 6.80. The highest BCUT2D eigenvalue weighted by molar-refractivity contribution is 9.11. The van der Waals surface area contributed by atoms with Crippen LogP contribution in [-0.4, -0.2) is 28.2 Å². The van der Waals surface area contributed by atoms with Crippen LogP contribution in [0.15, 0.2) is 25.7 Å². The average molecular weight is 390 g/mol. The van der Waals surface area contributed by atoms with Crippen molar-refractivity contribution in [2.75, 3.05) is 7.05 Å². The fourth-order valence-electron chi connectivity index (χ4n) is 1.52. The molecule has 0 saturated heterocycles. The third-order valence-corrected chi connectivity index (χ3v) is 3.81. The summed E-state index contributed by atoms with van der Waals surface area (Å²) in [5.41, 5.74) is 0.680. The first-order valence-electron chi connectivity index (χ1n) is 5.91. The van der Waals surface area contributed by atoms with Crippen LogP contribution in [0.1, 0.15) is 19.2 Å². The quantitative estimate of drug-likeness (QED) is 0.850. The van der Waals surface area contributed by atoms with Crippen molar-refractivity contribution in [3.8, 4) is 11.5 Å². The Balaban J connectivity index is 2.12. The lowest BCUT2D eigenvalue weighted by Gasteiger charge is -2.06. The van der Waals surface area contributed by atoms with Crippen molar-refractivity contribution in [3.63, 3.8) is 0 Å². The average Bonchev–Trinajstić information content (AvgIpc) is 2.84. The summed E-state index contributed by atoms with van der Waals surface area (Å²) in [7, 11) is 1.94. The Labute approximate surface area is 128 Å². The maximum Gasteiger partial charge on any atom is 0.227 e. The fourth-order valence-corrected chi connectivity index (χ4v) is 2.68. The Morgan fingerprint density at radius 2 is 2.21 bits per heavy atom. The van der Waals surface area contributed by atoms with Crippen LogP contribution in [0.2, 0.25) is 0 Å². The van der Waals surface area contributed by atoms with E-state index in [4.69, 9.17) is 4.52 Å². The van der Waals surface area contributed by atoms with Crippen molar-refractivity contribution in [3.05, 3.63) is 27.1 Å². The van der Waals surface area contributed by atoms with Gasteiger partial charge in [0.1, 0.15) is 5.69 Å². The van der Waals surface area contributed by atoms with E-state index < -0.39 is 0 Å². The molecule has 1 N–H and O–H groups in total. The first kappa shape index (κ1) is 14.6. The number of hydrogen-bond donors (Lipinski definition) is 1. The summed E-state index contributed by atoms with van der Waals surface area (Å²) in [5, 5.41) is 7.14. The number of pyridine rings is 1. The van der Waals surface area contributed by atoms with Crippen LogP contribution in [-0.2, 0) is 6.42 Å². The number of rotatable bonds is 5. The molecule has 0 saturated carbocycles. The Hall–Kier alpha value is -0.790. The number of nitrogens with zero attached hydrogens (tertiary/aromatic N) is 3. The summed E-state index contributed by atoms with van der Waals surface area (Å²) in [4.78, 5) is 8.65. The largest absolute Gasteiger partial charge is 0.339 e. The van der Waals surface area contributed by atoms with E-state index >= 15 is 0 Å². The van der Waals surface area contributed by atoms with E-state index in [9.17, 15) is 0 Å². The molecule has 102 valence electrons. The van der Waals surface area contributed by atoms with Crippen LogP contribution >= 0.6 is 31.9 Å². The van der Waals surface area contributed by atoms with E-state index in [1.807, 2.05) is 13.1 Å². The molecular formula is C12H14Br2N4O. The van der Waals surface area contributed by atoms with Gasteiger partial charge in [0.15, 0.2) is 0 Å². The van der Waals surface area contributed by atoms with Crippen LogP contribution in [0.5, 0.6) is 0 Å². The Kier molecular flexibility index (Phi) is 5.06. The van der Waals surface area contributed by atoms with Gasteiger partial charge in [-0.2, -0.15) is 4.98 Å². The summed E-state index contributed by atoms with van der Waals surface area (Å²) in [5.74, 6) is 1.14. The lowest BCUT2D eigenvalue weighted by molar-refractivity contribution is 0.369. The molecular weight excluding hydrogens is 376 g/mol. The SMILES string of the molecule is CNC(C)CCc1nc(-c2ncc(Br)cc2Br)no1. The normalized spacial score (nSPS) is 12.6. The lowest BCUT2D eigenvalue weighted by Crippen LogP contribution is -2.21. The zero-order valence-electron chi connectivity index (χ0n) is 10.7. The number of halogens is 2. The topological polar surface area (TPSA) is 63.8 Å². The number of hydrogen-bond acceptors (Lipinski definition) is 5. The maximum atomic E-state index is 5.24. The highest BCUT2D eigenvalue weighted by atomic mass is 79.9. The summed E-state index contributed by atoms with van der Waals surface area (Å²) < 4.78 is 6.97. The zero-order chi connectivity index (χ0) is 13.8. The highest BCUT2D eigenvalue weighted by Crippen LogP contribution is 2.26. The molecule has 0 amide bonds. The molecule has 2 aromatic heterocycles. The third-order valence-electron chi connectivity index (χ3n) is 2.77. The van der Waals surface area contributed by atoms with Crippen LogP contribution in [0.3, 0.4) is 0 Å². The zero-order valence-corrected chi connectivity index (χ0v) is 13.8. The van der Waals surface area contributed by atoms with E-state index in [0.29, 0.717) is 23.5 Å². The fraction of sp³-hybridized carbons (Fsp3) is 0.417. The van der Waals surface area contributed by atoms with Crippen LogP contribution < -0.4 is 5.32 Å². The van der Waals surface area contributed by atoms with E-state index in [1.54, 1.807) is 6.20 Å². The van der Waals surface area contributed by atoms with Gasteiger partial charge in [-0.3, -0.25) is 4.98 Å². The van der Waals surface area contributed by atoms with Gasteiger partial charge in [-0.05, 0) is 58.3 Å². The van der Waals surface area contributed by atoms with Crippen molar-refractivity contribution >= 4 is 31.9 Å². The molecule has 0 aliphatic rings. The standard InChI is InChI=1S/C12H14Br2N4O/c1-7(15-2)3-4-10-17-12(18-19-10)11-9(14)5-8(13)6-16-11/h5-7,15H,3-4H2,1-2H3. The van der Waals surface area contributed by atoms with Gasteiger partial charge in [-0.1, -0.05) is 5.16 Å². The van der Waals surface area contributed by atoms with Crippen molar-refractivity contribution < 1.29 is 4.52 Å². The first-order chi connectivity index (χ1) is 9.10. The monoisotopic (exact) mass is 388 g/mol. The molecule has 0 aliphatic heterocycles. The number of aromatic nitrogens is 3. The predicted octanol–water partition coefficient (Wildman–Crippen LogP) is 3.20. The molecule has 19 heavy (non-hydrogen) atoms. The minimum absolute atomic E-state index is 0.424. The van der Waals surface area contributed by atoms with E-state index in [-0.39, 0.29) is 0 Å². The van der Waals surface area contributed by atoms with E-state index in [0.717, 1.165) is 21.8 Å². The third kappa shape index (κ3) is 3.84. The van der Waals surface area contributed by atoms with Gasteiger partial charge in [0, 0.05) is 27.6 Å². The molecule has 0 radical (unpaired) electrons. The lowest BCUT2D eigenvalue weighted by atomic mass is 10.2. The second kappa shape index (κ2) is 6.58. The van der Waals surface area contributed by atoms with Crippen molar-refractivity contribution in [2.24, 2.45) is 0 Å². The minimum Gasteiger partial charge on any atom is -0.339 e. The summed E-state index contributed by atoms with van der Waals surface area (Å²) in [6.07, 6.45) is 3.41. The Morgan fingerprint density at radius 3 is 2.89 bits per heavy atom. The second-order valence-corrected chi connectivity index (χ2v) is 5.99. The Morgan fingerprint density at radius 1 is 1.42 bits per heavy atom. The van der Waals surface area contributed by atoms with Gasteiger partial charge in [0.25, 0.3) is 0 Å². The first-order valence-corrected chi connectivity index (χ1v) is 7.50. The smallest absolute Gasteiger partial charge is 0.227 e. The van der Waals surface area contributed by atoms with Gasteiger partial charge in [0.2, 0.25) is 11.7 Å². The molecule has 5 nitrogen and oxygen atoms in total. The van der Waals surface area contributed by atoms with Gasteiger partial charge in [-0.25, -0.2) is 0 Å². The van der Waals surface area contributed by atoms with Crippen molar-refractivity contribution in [1.29, 1.82) is 0 Å². The van der Waals surface area contributed by atoms with Gasteiger partial charge in [0.05, 0.1) is 0 Å². The highest BCUT2D eigenvalue weighted by Gasteiger charge is 2.13. The van der Waals surface area contributed by atoms with E-state index in [1.165, 1.54) is 0 Å². The van der Waals surface area contributed by atoms with Crippen LogP contribution in [0.4, 0.5) is 0 Å². The van der Waals surface area contributed by atoms with Crippen molar-refractivity contribution in [2.45, 2.75) is 25.8 Å². The molecule has 0 aliphatic carbocycles.